The lowest BCUT2D eigenvalue weighted by Crippen LogP contribution is -2.21. The summed E-state index contributed by atoms with van der Waals surface area (Å²) < 4.78 is 0. The van der Waals surface area contributed by atoms with E-state index in [-0.39, 0.29) is 0 Å². The van der Waals surface area contributed by atoms with Crippen LogP contribution in [-0.2, 0) is 6.42 Å². The number of nitrogens with zero attached hydrogens (tertiary/aromatic N) is 3. The van der Waals surface area contributed by atoms with Crippen LogP contribution in [0.15, 0.2) is 36.4 Å². The van der Waals surface area contributed by atoms with Crippen molar-refractivity contribution in [1.82, 2.24) is 10.2 Å². The minimum absolute atomic E-state index is 0.331. The zero-order chi connectivity index (χ0) is 15.5. The van der Waals surface area contributed by atoms with E-state index in [1.54, 1.807) is 12.1 Å². The van der Waals surface area contributed by atoms with E-state index >= 15 is 0 Å². The van der Waals surface area contributed by atoms with Gasteiger partial charge in [-0.25, -0.2) is 0 Å². The van der Waals surface area contributed by atoms with Crippen molar-refractivity contribution in [2.75, 3.05) is 18.0 Å². The molecule has 1 saturated heterocycles. The number of benzene rings is 1. The fourth-order valence-corrected chi connectivity index (χ4v) is 2.98. The third-order valence-electron chi connectivity index (χ3n) is 4.33. The summed E-state index contributed by atoms with van der Waals surface area (Å²) in [5.41, 5.74) is 2.33. The average Bonchev–Trinajstić information content (AvgIpc) is 2.98. The second-order valence-electron chi connectivity index (χ2n) is 6.44. The van der Waals surface area contributed by atoms with Crippen LogP contribution in [0, 0.1) is 5.92 Å². The SMILES string of the molecule is CC(C)c1ccc(N2CCC(Cc3ccc(O)cc3)C2)nn1. The third kappa shape index (κ3) is 3.38. The van der Waals surface area contributed by atoms with Gasteiger partial charge in [-0.1, -0.05) is 26.0 Å². The molecule has 0 spiro atoms. The van der Waals surface area contributed by atoms with E-state index in [2.05, 4.69) is 41.1 Å². The smallest absolute Gasteiger partial charge is 0.151 e. The van der Waals surface area contributed by atoms with Crippen molar-refractivity contribution in [3.8, 4) is 5.75 Å². The Balaban J connectivity index is 1.60. The van der Waals surface area contributed by atoms with Gasteiger partial charge < -0.3 is 10.0 Å². The quantitative estimate of drug-likeness (QED) is 0.940. The maximum Gasteiger partial charge on any atom is 0.151 e. The Labute approximate surface area is 131 Å². The van der Waals surface area contributed by atoms with E-state index in [1.807, 2.05) is 12.1 Å². The summed E-state index contributed by atoms with van der Waals surface area (Å²) in [5.74, 6) is 2.37. The molecule has 3 rings (SSSR count). The summed E-state index contributed by atoms with van der Waals surface area (Å²) in [7, 11) is 0. The van der Waals surface area contributed by atoms with E-state index in [4.69, 9.17) is 0 Å². The predicted molar refractivity (Wildman–Crippen MR) is 88.3 cm³/mol. The fourth-order valence-electron chi connectivity index (χ4n) is 2.98. The van der Waals surface area contributed by atoms with Crippen molar-refractivity contribution in [2.45, 2.75) is 32.6 Å². The van der Waals surface area contributed by atoms with E-state index in [1.165, 1.54) is 12.0 Å². The summed E-state index contributed by atoms with van der Waals surface area (Å²) in [4.78, 5) is 2.32. The normalized spacial score (nSPS) is 18.1. The van der Waals surface area contributed by atoms with Crippen molar-refractivity contribution in [3.05, 3.63) is 47.7 Å². The van der Waals surface area contributed by atoms with Gasteiger partial charge >= 0.3 is 0 Å². The molecule has 0 bridgehead atoms. The molecule has 4 heteroatoms. The number of rotatable bonds is 4. The van der Waals surface area contributed by atoms with Gasteiger partial charge in [0.2, 0.25) is 0 Å². The van der Waals surface area contributed by atoms with Crippen LogP contribution in [0.2, 0.25) is 0 Å². The van der Waals surface area contributed by atoms with Crippen LogP contribution in [0.1, 0.15) is 37.4 Å². The molecule has 116 valence electrons. The molecule has 1 aliphatic rings. The minimum Gasteiger partial charge on any atom is -0.508 e. The van der Waals surface area contributed by atoms with Gasteiger partial charge in [-0.2, -0.15) is 5.10 Å². The van der Waals surface area contributed by atoms with Gasteiger partial charge in [-0.15, -0.1) is 5.10 Å². The molecule has 0 radical (unpaired) electrons. The molecular formula is C18H23N3O. The van der Waals surface area contributed by atoms with Gasteiger partial charge in [0.25, 0.3) is 0 Å². The highest BCUT2D eigenvalue weighted by molar-refractivity contribution is 5.39. The molecule has 2 heterocycles. The van der Waals surface area contributed by atoms with Gasteiger partial charge in [0, 0.05) is 13.1 Å². The molecule has 1 aromatic carbocycles. The molecule has 22 heavy (non-hydrogen) atoms. The molecule has 4 nitrogen and oxygen atoms in total. The Hall–Kier alpha value is -2.10. The Morgan fingerprint density at radius 1 is 1.14 bits per heavy atom. The van der Waals surface area contributed by atoms with Gasteiger partial charge in [-0.3, -0.25) is 0 Å². The Kier molecular flexibility index (Phi) is 4.27. The summed E-state index contributed by atoms with van der Waals surface area (Å²) >= 11 is 0. The van der Waals surface area contributed by atoms with Gasteiger partial charge in [0.05, 0.1) is 5.69 Å². The topological polar surface area (TPSA) is 49.2 Å². The molecule has 1 N–H and O–H groups in total. The van der Waals surface area contributed by atoms with Crippen LogP contribution in [0.3, 0.4) is 0 Å². The highest BCUT2D eigenvalue weighted by atomic mass is 16.3. The molecule has 1 aliphatic heterocycles. The average molecular weight is 297 g/mol. The van der Waals surface area contributed by atoms with Crippen LogP contribution in [0.4, 0.5) is 5.82 Å². The van der Waals surface area contributed by atoms with Crippen LogP contribution in [-0.4, -0.2) is 28.4 Å². The largest absolute Gasteiger partial charge is 0.508 e. The second kappa shape index (κ2) is 6.34. The summed E-state index contributed by atoms with van der Waals surface area (Å²) in [5, 5.41) is 18.0. The number of phenols is 1. The first-order valence-electron chi connectivity index (χ1n) is 7.98. The van der Waals surface area contributed by atoms with E-state index in [0.29, 0.717) is 17.6 Å². The molecule has 1 aromatic heterocycles. The van der Waals surface area contributed by atoms with Gasteiger partial charge in [-0.05, 0) is 54.5 Å². The molecule has 0 aliphatic carbocycles. The second-order valence-corrected chi connectivity index (χ2v) is 6.44. The highest BCUT2D eigenvalue weighted by Crippen LogP contribution is 2.25. The number of hydrogen-bond donors (Lipinski definition) is 1. The van der Waals surface area contributed by atoms with Gasteiger partial charge in [0.1, 0.15) is 5.75 Å². The standard InChI is InChI=1S/C18H23N3O/c1-13(2)17-7-8-18(20-19-17)21-10-9-15(12-21)11-14-3-5-16(22)6-4-14/h3-8,13,15,22H,9-12H2,1-2H3. The Morgan fingerprint density at radius 2 is 1.91 bits per heavy atom. The van der Waals surface area contributed by atoms with Gasteiger partial charge in [0.15, 0.2) is 5.82 Å². The number of aromatic nitrogens is 2. The molecule has 1 fully saturated rings. The maximum atomic E-state index is 9.35. The summed E-state index contributed by atoms with van der Waals surface area (Å²) in [6.07, 6.45) is 2.22. The molecule has 2 aromatic rings. The van der Waals surface area contributed by atoms with Crippen molar-refractivity contribution in [3.63, 3.8) is 0 Å². The van der Waals surface area contributed by atoms with E-state index < -0.39 is 0 Å². The number of hydrogen-bond acceptors (Lipinski definition) is 4. The number of aromatic hydroxyl groups is 1. The lowest BCUT2D eigenvalue weighted by atomic mass is 9.99. The Bertz CT molecular complexity index is 607. The molecular weight excluding hydrogens is 274 g/mol. The first kappa shape index (κ1) is 14.8. The van der Waals surface area contributed by atoms with Crippen molar-refractivity contribution >= 4 is 5.82 Å². The van der Waals surface area contributed by atoms with Crippen molar-refractivity contribution < 1.29 is 5.11 Å². The zero-order valence-corrected chi connectivity index (χ0v) is 13.2. The minimum atomic E-state index is 0.331. The van der Waals surface area contributed by atoms with Crippen molar-refractivity contribution in [2.24, 2.45) is 5.92 Å². The molecule has 0 saturated carbocycles. The number of phenolic OH excluding ortho intramolecular Hbond substituents is 1. The van der Waals surface area contributed by atoms with Crippen molar-refractivity contribution in [1.29, 1.82) is 0 Å². The van der Waals surface area contributed by atoms with Crippen LogP contribution < -0.4 is 4.90 Å². The monoisotopic (exact) mass is 297 g/mol. The lowest BCUT2D eigenvalue weighted by Gasteiger charge is -2.17. The molecule has 1 atom stereocenters. The van der Waals surface area contributed by atoms with Crippen LogP contribution in [0.5, 0.6) is 5.75 Å². The van der Waals surface area contributed by atoms with E-state index in [9.17, 15) is 5.11 Å². The summed E-state index contributed by atoms with van der Waals surface area (Å²) in [6.45, 7) is 6.33. The first-order valence-corrected chi connectivity index (χ1v) is 7.98. The summed E-state index contributed by atoms with van der Waals surface area (Å²) in [6, 6.07) is 11.7. The lowest BCUT2D eigenvalue weighted by molar-refractivity contribution is 0.474. The Morgan fingerprint density at radius 3 is 2.55 bits per heavy atom. The molecule has 0 amide bonds. The molecule has 1 unspecified atom stereocenters. The van der Waals surface area contributed by atoms with Crippen LogP contribution in [0.25, 0.3) is 0 Å². The van der Waals surface area contributed by atoms with Crippen LogP contribution >= 0.6 is 0 Å². The number of anilines is 1. The maximum absolute atomic E-state index is 9.35. The fraction of sp³-hybridized carbons (Fsp3) is 0.444. The predicted octanol–water partition coefficient (Wildman–Crippen LogP) is 3.37. The zero-order valence-electron chi connectivity index (χ0n) is 13.2. The highest BCUT2D eigenvalue weighted by Gasteiger charge is 2.24. The van der Waals surface area contributed by atoms with E-state index in [0.717, 1.165) is 31.0 Å². The first-order chi connectivity index (χ1) is 10.6. The third-order valence-corrected chi connectivity index (χ3v) is 4.33.